The third kappa shape index (κ3) is 4.56. The summed E-state index contributed by atoms with van der Waals surface area (Å²) in [5, 5.41) is 2.71. The van der Waals surface area contributed by atoms with Gasteiger partial charge in [-0.25, -0.2) is 9.78 Å². The number of rotatable bonds is 5. The summed E-state index contributed by atoms with van der Waals surface area (Å²) >= 11 is 0. The Bertz CT molecular complexity index is 1160. The summed E-state index contributed by atoms with van der Waals surface area (Å²) < 4.78 is 5.30. The maximum absolute atomic E-state index is 12.5. The molecule has 3 aromatic carbocycles. The molecule has 0 bridgehead atoms. The fraction of sp³-hybridized carbons (Fsp3) is 0. The van der Waals surface area contributed by atoms with Crippen LogP contribution in [-0.4, -0.2) is 21.8 Å². The number of amides is 1. The summed E-state index contributed by atoms with van der Waals surface area (Å²) in [6, 6.07) is 23.3. The van der Waals surface area contributed by atoms with E-state index in [1.54, 1.807) is 24.3 Å². The number of hydrogen-bond acceptors (Lipinski definition) is 4. The van der Waals surface area contributed by atoms with E-state index in [0.717, 1.165) is 16.6 Å². The lowest BCUT2D eigenvalue weighted by molar-refractivity contribution is -0.128. The first kappa shape index (κ1) is 18.2. The minimum absolute atomic E-state index is 0.282. The molecule has 0 aliphatic heterocycles. The summed E-state index contributed by atoms with van der Waals surface area (Å²) in [5.41, 5.74) is 2.83. The van der Waals surface area contributed by atoms with E-state index < -0.39 is 5.97 Å². The highest BCUT2D eigenvalue weighted by Gasteiger charge is 2.11. The number of para-hydroxylation sites is 2. The smallest absolute Gasteiger partial charge is 0.336 e. The van der Waals surface area contributed by atoms with E-state index in [1.807, 2.05) is 54.6 Å². The molecule has 6 heteroatoms. The molecule has 0 spiro atoms. The molecule has 4 aromatic rings. The molecule has 29 heavy (non-hydrogen) atoms. The van der Waals surface area contributed by atoms with E-state index in [4.69, 9.17) is 4.74 Å². The molecular weight excluding hydrogens is 366 g/mol. The van der Waals surface area contributed by atoms with Crippen molar-refractivity contribution < 1.29 is 14.3 Å². The summed E-state index contributed by atoms with van der Waals surface area (Å²) in [6.45, 7) is 0. The quantitative estimate of drug-likeness (QED) is 0.303. The van der Waals surface area contributed by atoms with Gasteiger partial charge in [-0.2, -0.15) is 0 Å². The van der Waals surface area contributed by atoms with Gasteiger partial charge < -0.3 is 9.72 Å². The van der Waals surface area contributed by atoms with Gasteiger partial charge in [0.1, 0.15) is 5.75 Å². The van der Waals surface area contributed by atoms with Crippen molar-refractivity contribution in [2.75, 3.05) is 5.32 Å². The average Bonchev–Trinajstić information content (AvgIpc) is 3.15. The molecule has 1 aromatic heterocycles. The number of nitrogens with one attached hydrogen (secondary N) is 2. The first-order chi connectivity index (χ1) is 14.2. The van der Waals surface area contributed by atoms with E-state index in [2.05, 4.69) is 15.3 Å². The largest absolute Gasteiger partial charge is 0.423 e. The van der Waals surface area contributed by atoms with Crippen LogP contribution in [0.15, 0.2) is 84.9 Å². The summed E-state index contributed by atoms with van der Waals surface area (Å²) in [5.74, 6) is -0.250. The molecule has 0 radical (unpaired) electrons. The highest BCUT2D eigenvalue weighted by atomic mass is 16.5. The van der Waals surface area contributed by atoms with E-state index >= 15 is 0 Å². The lowest BCUT2D eigenvalue weighted by Crippen LogP contribution is -2.13. The molecule has 0 fully saturated rings. The van der Waals surface area contributed by atoms with Crippen molar-refractivity contribution >= 4 is 34.9 Å². The van der Waals surface area contributed by atoms with E-state index in [1.165, 1.54) is 12.1 Å². The number of anilines is 1. The van der Waals surface area contributed by atoms with Gasteiger partial charge in [0, 0.05) is 11.6 Å². The molecule has 2 N–H and O–H groups in total. The maximum Gasteiger partial charge on any atom is 0.336 e. The number of aromatic amines is 1. The lowest BCUT2D eigenvalue weighted by atomic mass is 10.2. The number of imidazole rings is 1. The van der Waals surface area contributed by atoms with Gasteiger partial charge in [-0.1, -0.05) is 48.5 Å². The third-order valence-corrected chi connectivity index (χ3v) is 4.15. The fourth-order valence-electron chi connectivity index (χ4n) is 2.77. The second kappa shape index (κ2) is 8.22. The number of ether oxygens (including phenoxy) is 1. The molecule has 6 nitrogen and oxygen atoms in total. The van der Waals surface area contributed by atoms with Gasteiger partial charge in [0.15, 0.2) is 0 Å². The average molecular weight is 383 g/mol. The number of hydrogen-bond donors (Lipinski definition) is 2. The Labute approximate surface area is 166 Å². The van der Waals surface area contributed by atoms with Gasteiger partial charge >= 0.3 is 5.97 Å². The van der Waals surface area contributed by atoms with Gasteiger partial charge in [0.25, 0.3) is 5.91 Å². The predicted octanol–water partition coefficient (Wildman–Crippen LogP) is 4.43. The molecule has 1 heterocycles. The number of aromatic nitrogens is 2. The van der Waals surface area contributed by atoms with Crippen LogP contribution in [0.25, 0.3) is 17.1 Å². The molecule has 0 aliphatic rings. The second-order valence-electron chi connectivity index (χ2n) is 6.25. The van der Waals surface area contributed by atoms with Crippen molar-refractivity contribution in [2.24, 2.45) is 0 Å². The fourth-order valence-corrected chi connectivity index (χ4v) is 2.77. The van der Waals surface area contributed by atoms with Crippen molar-refractivity contribution in [2.45, 2.75) is 0 Å². The Hall–Kier alpha value is -4.19. The minimum atomic E-state index is -0.524. The molecule has 0 saturated carbocycles. The Kier molecular flexibility index (Phi) is 5.16. The molecule has 0 unspecified atom stereocenters. The third-order valence-electron chi connectivity index (χ3n) is 4.15. The second-order valence-corrected chi connectivity index (χ2v) is 6.25. The maximum atomic E-state index is 12.5. The Balaban J connectivity index is 1.43. The Morgan fingerprint density at radius 2 is 1.72 bits per heavy atom. The molecule has 142 valence electrons. The number of benzene rings is 3. The molecular formula is C23H17N3O3. The normalized spacial score (nSPS) is 10.9. The van der Waals surface area contributed by atoms with Crippen molar-refractivity contribution in [3.05, 3.63) is 96.1 Å². The van der Waals surface area contributed by atoms with Crippen molar-refractivity contribution in [1.82, 2.24) is 9.97 Å². The van der Waals surface area contributed by atoms with Crippen molar-refractivity contribution in [3.63, 3.8) is 0 Å². The first-order valence-corrected chi connectivity index (χ1v) is 8.98. The van der Waals surface area contributed by atoms with Crippen LogP contribution >= 0.6 is 0 Å². The molecule has 4 rings (SSSR count). The first-order valence-electron chi connectivity index (χ1n) is 8.98. The number of carbonyl (C=O) groups is 2. The highest BCUT2D eigenvalue weighted by molar-refractivity contribution is 6.04. The van der Waals surface area contributed by atoms with Crippen LogP contribution in [0.4, 0.5) is 5.95 Å². The summed E-state index contributed by atoms with van der Waals surface area (Å²) in [4.78, 5) is 31.9. The SMILES string of the molecule is O=C(/C=C/c1ccccc1)Oc1cccc(C(=O)Nc2nc3ccccc3[nH]2)c1. The summed E-state index contributed by atoms with van der Waals surface area (Å²) in [7, 11) is 0. The van der Waals surface area contributed by atoms with Crippen LogP contribution in [-0.2, 0) is 4.79 Å². The van der Waals surface area contributed by atoms with Crippen LogP contribution in [0.1, 0.15) is 15.9 Å². The van der Waals surface area contributed by atoms with Crippen LogP contribution in [0.3, 0.4) is 0 Å². The summed E-state index contributed by atoms with van der Waals surface area (Å²) in [6.07, 6.45) is 3.01. The van der Waals surface area contributed by atoms with Gasteiger partial charge in [-0.05, 0) is 42.0 Å². The number of nitrogens with zero attached hydrogens (tertiary/aromatic N) is 1. The van der Waals surface area contributed by atoms with Gasteiger partial charge in [-0.15, -0.1) is 0 Å². The van der Waals surface area contributed by atoms with E-state index in [-0.39, 0.29) is 11.7 Å². The van der Waals surface area contributed by atoms with Crippen LogP contribution < -0.4 is 10.1 Å². The monoisotopic (exact) mass is 383 g/mol. The zero-order valence-electron chi connectivity index (χ0n) is 15.3. The van der Waals surface area contributed by atoms with Crippen molar-refractivity contribution in [1.29, 1.82) is 0 Å². The Morgan fingerprint density at radius 3 is 2.55 bits per heavy atom. The van der Waals surface area contributed by atoms with Crippen LogP contribution in [0.5, 0.6) is 5.75 Å². The zero-order valence-corrected chi connectivity index (χ0v) is 15.3. The van der Waals surface area contributed by atoms with Crippen LogP contribution in [0.2, 0.25) is 0 Å². The molecule has 0 aliphatic carbocycles. The number of fused-ring (bicyclic) bond motifs is 1. The highest BCUT2D eigenvalue weighted by Crippen LogP contribution is 2.17. The standard InChI is InChI=1S/C23H17N3O3/c27-21(14-13-16-7-2-1-3-8-16)29-18-10-6-9-17(15-18)22(28)26-23-24-19-11-4-5-12-20(19)25-23/h1-15H,(H2,24,25,26,28)/b14-13+. The van der Waals surface area contributed by atoms with E-state index in [9.17, 15) is 9.59 Å². The van der Waals surface area contributed by atoms with Gasteiger partial charge in [0.2, 0.25) is 5.95 Å². The topological polar surface area (TPSA) is 84.1 Å². The van der Waals surface area contributed by atoms with Gasteiger partial charge in [0.05, 0.1) is 11.0 Å². The van der Waals surface area contributed by atoms with Gasteiger partial charge in [-0.3, -0.25) is 10.1 Å². The van der Waals surface area contributed by atoms with Crippen molar-refractivity contribution in [3.8, 4) is 5.75 Å². The zero-order chi connectivity index (χ0) is 20.1. The minimum Gasteiger partial charge on any atom is -0.423 e. The molecule has 1 amide bonds. The van der Waals surface area contributed by atoms with Crippen LogP contribution in [0, 0.1) is 0 Å². The Morgan fingerprint density at radius 1 is 0.931 bits per heavy atom. The number of H-pyrrole nitrogens is 1. The molecule has 0 saturated heterocycles. The van der Waals surface area contributed by atoms with E-state index in [0.29, 0.717) is 11.5 Å². The predicted molar refractivity (Wildman–Crippen MR) is 112 cm³/mol. The number of esters is 1. The number of carbonyl (C=O) groups excluding carboxylic acids is 2. The lowest BCUT2D eigenvalue weighted by Gasteiger charge is -2.05. The molecule has 0 atom stereocenters.